The molecule has 0 radical (unpaired) electrons. The van der Waals surface area contributed by atoms with Crippen molar-refractivity contribution in [2.24, 2.45) is 5.41 Å². The first-order valence-corrected chi connectivity index (χ1v) is 11.1. The normalized spacial score (nSPS) is 16.3. The van der Waals surface area contributed by atoms with E-state index in [2.05, 4.69) is 32.1 Å². The summed E-state index contributed by atoms with van der Waals surface area (Å²) in [6, 6.07) is 15.8. The first-order chi connectivity index (χ1) is 15.9. The van der Waals surface area contributed by atoms with Crippen molar-refractivity contribution in [3.05, 3.63) is 76.9 Å². The van der Waals surface area contributed by atoms with E-state index in [1.54, 1.807) is 14.2 Å². The smallest absolute Gasteiger partial charge is 0.168 e. The van der Waals surface area contributed by atoms with Gasteiger partial charge in [-0.2, -0.15) is 5.26 Å². The monoisotopic (exact) mass is 435 g/mol. The van der Waals surface area contributed by atoms with Gasteiger partial charge in [0.05, 0.1) is 25.9 Å². The van der Waals surface area contributed by atoms with E-state index in [1.807, 2.05) is 42.5 Å². The molecular weight excluding hydrogens is 410 g/mol. The predicted molar refractivity (Wildman–Crippen MR) is 131 cm³/mol. The third-order valence-electron chi connectivity index (χ3n) is 6.96. The van der Waals surface area contributed by atoms with Gasteiger partial charge in [-0.3, -0.25) is 4.79 Å². The van der Waals surface area contributed by atoms with Crippen LogP contribution in [0.5, 0.6) is 11.5 Å². The number of rotatable bonds is 3. The minimum absolute atomic E-state index is 0.0485. The molecule has 0 unspecified atom stereocenters. The summed E-state index contributed by atoms with van der Waals surface area (Å²) in [7, 11) is 3.21. The van der Waals surface area contributed by atoms with Crippen LogP contribution in [0.15, 0.2) is 60.2 Å². The summed E-state index contributed by atoms with van der Waals surface area (Å²) in [4.78, 5) is 13.7. The Bertz CT molecular complexity index is 1430. The number of hydrogen-bond acceptors (Lipinski definition) is 4. The number of allylic oxidation sites excluding steroid dienone is 4. The molecule has 0 bridgehead atoms. The summed E-state index contributed by atoms with van der Waals surface area (Å²) in [5.41, 5.74) is 6.32. The van der Waals surface area contributed by atoms with Gasteiger partial charge in [0.15, 0.2) is 17.3 Å². The molecule has 0 atom stereocenters. The molecule has 0 fully saturated rings. The third kappa shape index (κ3) is 3.15. The van der Waals surface area contributed by atoms with Crippen LogP contribution in [0.25, 0.3) is 27.5 Å². The largest absolute Gasteiger partial charge is 0.493 e. The van der Waals surface area contributed by atoms with Crippen molar-refractivity contribution < 1.29 is 14.3 Å². The standard InChI is InChI=1S/C29H25NO3/c1-29(2)13-5-6-21-22-11-10-20-18(16-30)7-9-19(27(20)28(22)24(31)15-23(21)29)17-8-12-25(32-3)26(14-17)33-4/h5-12,14H,13,15H2,1-4H3. The van der Waals surface area contributed by atoms with E-state index in [1.165, 1.54) is 5.57 Å². The van der Waals surface area contributed by atoms with Gasteiger partial charge in [-0.25, -0.2) is 0 Å². The van der Waals surface area contributed by atoms with E-state index in [0.29, 0.717) is 29.0 Å². The number of carbonyl (C=O) groups excluding carboxylic acids is 1. The zero-order valence-corrected chi connectivity index (χ0v) is 19.3. The van der Waals surface area contributed by atoms with E-state index < -0.39 is 0 Å². The molecule has 33 heavy (non-hydrogen) atoms. The van der Waals surface area contributed by atoms with Crippen molar-refractivity contribution >= 4 is 22.1 Å². The van der Waals surface area contributed by atoms with Gasteiger partial charge in [-0.15, -0.1) is 0 Å². The zero-order chi connectivity index (χ0) is 23.3. The van der Waals surface area contributed by atoms with Gasteiger partial charge < -0.3 is 9.47 Å². The SMILES string of the molecule is COc1ccc(-c2ccc(C#N)c3ccc4c(c23)C(=O)CC2=C4C=CCC2(C)C)cc1OC. The molecule has 2 aliphatic rings. The third-order valence-corrected chi connectivity index (χ3v) is 6.96. The van der Waals surface area contributed by atoms with Gasteiger partial charge in [0.25, 0.3) is 0 Å². The van der Waals surface area contributed by atoms with Gasteiger partial charge in [0.2, 0.25) is 0 Å². The number of carbonyl (C=O) groups is 1. The second kappa shape index (κ2) is 7.64. The number of methoxy groups -OCH3 is 2. The maximum atomic E-state index is 13.7. The second-order valence-electron chi connectivity index (χ2n) is 9.24. The Labute approximate surface area is 193 Å². The first-order valence-electron chi connectivity index (χ1n) is 11.1. The maximum absolute atomic E-state index is 13.7. The molecule has 0 aliphatic heterocycles. The van der Waals surface area contributed by atoms with Gasteiger partial charge in [-0.05, 0) is 57.9 Å². The number of nitriles is 1. The number of Topliss-reactive ketones (excluding diaryl/α,β-unsaturated/α-hetero) is 1. The quantitative estimate of drug-likeness (QED) is 0.458. The number of ketones is 1. The molecule has 0 amide bonds. The lowest BCUT2D eigenvalue weighted by molar-refractivity contribution is 0.0985. The average Bonchev–Trinajstić information content (AvgIpc) is 2.83. The highest BCUT2D eigenvalue weighted by Crippen LogP contribution is 2.49. The van der Waals surface area contributed by atoms with Crippen molar-refractivity contribution in [1.29, 1.82) is 5.26 Å². The predicted octanol–water partition coefficient (Wildman–Crippen LogP) is 6.72. The van der Waals surface area contributed by atoms with Crippen molar-refractivity contribution in [3.63, 3.8) is 0 Å². The molecule has 4 heteroatoms. The van der Waals surface area contributed by atoms with Crippen LogP contribution >= 0.6 is 0 Å². The van der Waals surface area contributed by atoms with Crippen LogP contribution in [0, 0.1) is 16.7 Å². The lowest BCUT2D eigenvalue weighted by Gasteiger charge is -2.35. The summed E-state index contributed by atoms with van der Waals surface area (Å²) in [6.07, 6.45) is 5.68. The van der Waals surface area contributed by atoms with E-state index in [9.17, 15) is 10.1 Å². The Kier molecular flexibility index (Phi) is 4.87. The molecule has 0 heterocycles. The molecule has 0 spiro atoms. The van der Waals surface area contributed by atoms with Crippen LogP contribution in [0.4, 0.5) is 0 Å². The summed E-state index contributed by atoms with van der Waals surface area (Å²) in [5.74, 6) is 1.36. The number of ether oxygens (including phenoxy) is 2. The number of hydrogen-bond donors (Lipinski definition) is 0. The van der Waals surface area contributed by atoms with Crippen LogP contribution < -0.4 is 9.47 Å². The van der Waals surface area contributed by atoms with Gasteiger partial charge in [0, 0.05) is 22.8 Å². The highest BCUT2D eigenvalue weighted by atomic mass is 16.5. The fraction of sp³-hybridized carbons (Fsp3) is 0.241. The van der Waals surface area contributed by atoms with E-state index in [4.69, 9.17) is 9.47 Å². The molecule has 3 aromatic carbocycles. The summed E-state index contributed by atoms with van der Waals surface area (Å²) in [5, 5.41) is 11.4. The Hall–Kier alpha value is -3.84. The van der Waals surface area contributed by atoms with Crippen LogP contribution in [0.1, 0.15) is 48.2 Å². The fourth-order valence-corrected chi connectivity index (χ4v) is 5.20. The molecule has 0 N–H and O–H groups in total. The Morgan fingerprint density at radius 1 is 0.970 bits per heavy atom. The molecule has 164 valence electrons. The zero-order valence-electron chi connectivity index (χ0n) is 19.3. The Balaban J connectivity index is 1.87. The van der Waals surface area contributed by atoms with Crippen LogP contribution in [0.3, 0.4) is 0 Å². The van der Waals surface area contributed by atoms with E-state index in [-0.39, 0.29) is 11.2 Å². The van der Waals surface area contributed by atoms with Crippen LogP contribution in [-0.4, -0.2) is 20.0 Å². The van der Waals surface area contributed by atoms with E-state index >= 15 is 0 Å². The van der Waals surface area contributed by atoms with Crippen LogP contribution in [-0.2, 0) is 0 Å². The lowest BCUT2D eigenvalue weighted by Crippen LogP contribution is -2.24. The molecular formula is C29H25NO3. The topological polar surface area (TPSA) is 59.3 Å². The summed E-state index contributed by atoms with van der Waals surface area (Å²) < 4.78 is 10.9. The number of fused-ring (bicyclic) bond motifs is 4. The van der Waals surface area contributed by atoms with E-state index in [0.717, 1.165) is 39.5 Å². The molecule has 2 aliphatic carbocycles. The molecule has 0 saturated carbocycles. The molecule has 5 rings (SSSR count). The van der Waals surface area contributed by atoms with Crippen molar-refractivity contribution in [1.82, 2.24) is 0 Å². The summed E-state index contributed by atoms with van der Waals surface area (Å²) in [6.45, 7) is 4.40. The first kappa shape index (κ1) is 21.0. The van der Waals surface area contributed by atoms with Crippen molar-refractivity contribution in [2.75, 3.05) is 14.2 Å². The highest BCUT2D eigenvalue weighted by Gasteiger charge is 2.35. The van der Waals surface area contributed by atoms with Gasteiger partial charge in [0.1, 0.15) is 0 Å². The Morgan fingerprint density at radius 3 is 2.45 bits per heavy atom. The average molecular weight is 436 g/mol. The fourth-order valence-electron chi connectivity index (χ4n) is 5.20. The van der Waals surface area contributed by atoms with Crippen molar-refractivity contribution in [2.45, 2.75) is 26.7 Å². The molecule has 3 aromatic rings. The maximum Gasteiger partial charge on any atom is 0.168 e. The van der Waals surface area contributed by atoms with Gasteiger partial charge >= 0.3 is 0 Å². The molecule has 4 nitrogen and oxygen atoms in total. The lowest BCUT2D eigenvalue weighted by atomic mass is 9.68. The Morgan fingerprint density at radius 2 is 1.73 bits per heavy atom. The summed E-state index contributed by atoms with van der Waals surface area (Å²) >= 11 is 0. The number of benzene rings is 3. The van der Waals surface area contributed by atoms with Gasteiger partial charge in [-0.1, -0.05) is 50.3 Å². The molecule has 0 aromatic heterocycles. The van der Waals surface area contributed by atoms with Crippen LogP contribution in [0.2, 0.25) is 0 Å². The minimum Gasteiger partial charge on any atom is -0.493 e. The van der Waals surface area contributed by atoms with Crippen molar-refractivity contribution in [3.8, 4) is 28.7 Å². The minimum atomic E-state index is -0.0485. The highest BCUT2D eigenvalue weighted by molar-refractivity contribution is 6.20. The second-order valence-corrected chi connectivity index (χ2v) is 9.24. The molecule has 0 saturated heterocycles. The number of nitrogens with zero attached hydrogens (tertiary/aromatic N) is 1.